The Morgan fingerprint density at radius 3 is 2.60 bits per heavy atom. The maximum absolute atomic E-state index is 13.7. The SMILES string of the molecule is Nc1ccc(S(=O)(=O)Nc2cccc(Cl)c2F)c(Br)c1. The lowest BCUT2D eigenvalue weighted by atomic mass is 10.3. The average molecular weight is 380 g/mol. The standard InChI is InChI=1S/C12H9BrClFN2O2S/c13-8-6-7(16)4-5-11(8)20(18,19)17-10-3-1-2-9(14)12(10)15/h1-6,17H,16H2. The zero-order chi connectivity index (χ0) is 14.9. The summed E-state index contributed by atoms with van der Waals surface area (Å²) in [5.41, 5.74) is 5.73. The van der Waals surface area contributed by atoms with Crippen LogP contribution in [0.3, 0.4) is 0 Å². The second-order valence-corrected chi connectivity index (χ2v) is 6.81. The maximum atomic E-state index is 13.7. The third kappa shape index (κ3) is 3.05. The Morgan fingerprint density at radius 1 is 1.25 bits per heavy atom. The van der Waals surface area contributed by atoms with Gasteiger partial charge >= 0.3 is 0 Å². The van der Waals surface area contributed by atoms with Crippen LogP contribution in [0.4, 0.5) is 15.8 Å². The van der Waals surface area contributed by atoms with Gasteiger partial charge in [-0.2, -0.15) is 0 Å². The highest BCUT2D eigenvalue weighted by atomic mass is 79.9. The molecule has 4 nitrogen and oxygen atoms in total. The summed E-state index contributed by atoms with van der Waals surface area (Å²) < 4.78 is 40.6. The highest BCUT2D eigenvalue weighted by Crippen LogP contribution is 2.28. The normalized spacial score (nSPS) is 11.3. The van der Waals surface area contributed by atoms with E-state index < -0.39 is 15.8 Å². The zero-order valence-electron chi connectivity index (χ0n) is 9.90. The van der Waals surface area contributed by atoms with Crippen molar-refractivity contribution in [3.63, 3.8) is 0 Å². The monoisotopic (exact) mass is 378 g/mol. The van der Waals surface area contributed by atoms with Crippen LogP contribution in [0.5, 0.6) is 0 Å². The van der Waals surface area contributed by atoms with E-state index in [4.69, 9.17) is 17.3 Å². The first-order chi connectivity index (χ1) is 9.31. The van der Waals surface area contributed by atoms with E-state index in [-0.39, 0.29) is 20.1 Å². The Labute approximate surface area is 128 Å². The quantitative estimate of drug-likeness (QED) is 0.800. The summed E-state index contributed by atoms with van der Waals surface area (Å²) in [5.74, 6) is -0.829. The first-order valence-electron chi connectivity index (χ1n) is 5.33. The van der Waals surface area contributed by atoms with Crippen LogP contribution in [0.25, 0.3) is 0 Å². The predicted molar refractivity (Wildman–Crippen MR) is 80.8 cm³/mol. The second kappa shape index (κ2) is 5.59. The molecule has 20 heavy (non-hydrogen) atoms. The molecular weight excluding hydrogens is 371 g/mol. The number of nitrogens with two attached hydrogens (primary N) is 1. The van der Waals surface area contributed by atoms with Gasteiger partial charge in [-0.1, -0.05) is 17.7 Å². The van der Waals surface area contributed by atoms with Crippen LogP contribution in [0, 0.1) is 5.82 Å². The van der Waals surface area contributed by atoms with Gasteiger partial charge in [-0.05, 0) is 46.3 Å². The molecule has 0 spiro atoms. The van der Waals surface area contributed by atoms with Crippen molar-refractivity contribution in [3.8, 4) is 0 Å². The number of rotatable bonds is 3. The molecular formula is C12H9BrClFN2O2S. The summed E-state index contributed by atoms with van der Waals surface area (Å²) in [7, 11) is -3.95. The lowest BCUT2D eigenvalue weighted by molar-refractivity contribution is 0.598. The number of sulfonamides is 1. The molecule has 0 saturated carbocycles. The van der Waals surface area contributed by atoms with E-state index in [1.807, 2.05) is 0 Å². The number of halogens is 3. The van der Waals surface area contributed by atoms with Gasteiger partial charge in [0, 0.05) is 10.2 Å². The van der Waals surface area contributed by atoms with Gasteiger partial charge in [-0.25, -0.2) is 12.8 Å². The van der Waals surface area contributed by atoms with Crippen molar-refractivity contribution in [3.05, 3.63) is 51.7 Å². The fourth-order valence-corrected chi connectivity index (χ4v) is 3.85. The van der Waals surface area contributed by atoms with Gasteiger partial charge in [0.1, 0.15) is 4.90 Å². The predicted octanol–water partition coefficient (Wildman–Crippen LogP) is 3.62. The molecule has 0 atom stereocenters. The second-order valence-electron chi connectivity index (χ2n) is 3.90. The van der Waals surface area contributed by atoms with Crippen LogP contribution >= 0.6 is 27.5 Å². The molecule has 0 saturated heterocycles. The van der Waals surface area contributed by atoms with Gasteiger partial charge in [0.2, 0.25) is 0 Å². The molecule has 2 aromatic rings. The molecule has 2 aromatic carbocycles. The maximum Gasteiger partial charge on any atom is 0.263 e. The molecule has 8 heteroatoms. The highest BCUT2D eigenvalue weighted by Gasteiger charge is 2.20. The Kier molecular flexibility index (Phi) is 4.22. The fourth-order valence-electron chi connectivity index (χ4n) is 1.52. The zero-order valence-corrected chi connectivity index (χ0v) is 13.1. The third-order valence-electron chi connectivity index (χ3n) is 2.44. The topological polar surface area (TPSA) is 72.2 Å². The Morgan fingerprint density at radius 2 is 1.95 bits per heavy atom. The van der Waals surface area contributed by atoms with Crippen LogP contribution < -0.4 is 10.5 Å². The van der Waals surface area contributed by atoms with Gasteiger partial charge in [-0.15, -0.1) is 0 Å². The van der Waals surface area contributed by atoms with Gasteiger partial charge in [0.25, 0.3) is 10.0 Å². The molecule has 0 unspecified atom stereocenters. The van der Waals surface area contributed by atoms with E-state index in [1.165, 1.54) is 36.4 Å². The summed E-state index contributed by atoms with van der Waals surface area (Å²) in [5, 5.41) is -0.165. The Hall–Kier alpha value is -1.31. The lowest BCUT2D eigenvalue weighted by Gasteiger charge is -2.11. The molecule has 0 heterocycles. The van der Waals surface area contributed by atoms with E-state index >= 15 is 0 Å². The molecule has 106 valence electrons. The Bertz CT molecular complexity index is 768. The molecule has 0 aromatic heterocycles. The number of nitrogen functional groups attached to an aromatic ring is 1. The molecule has 2 rings (SSSR count). The minimum atomic E-state index is -3.95. The number of benzene rings is 2. The molecule has 0 radical (unpaired) electrons. The van der Waals surface area contributed by atoms with Gasteiger partial charge in [0.15, 0.2) is 5.82 Å². The summed E-state index contributed by atoms with van der Waals surface area (Å²) in [6.45, 7) is 0. The van der Waals surface area contributed by atoms with E-state index in [1.54, 1.807) is 0 Å². The molecule has 3 N–H and O–H groups in total. The number of anilines is 2. The van der Waals surface area contributed by atoms with Crippen LogP contribution in [0.15, 0.2) is 45.8 Å². The van der Waals surface area contributed by atoms with E-state index in [2.05, 4.69) is 20.7 Å². The van der Waals surface area contributed by atoms with Crippen molar-refractivity contribution in [2.75, 3.05) is 10.5 Å². The largest absolute Gasteiger partial charge is 0.399 e. The summed E-state index contributed by atoms with van der Waals surface area (Å²) in [4.78, 5) is -0.0499. The van der Waals surface area contributed by atoms with Crippen molar-refractivity contribution < 1.29 is 12.8 Å². The van der Waals surface area contributed by atoms with Gasteiger partial charge in [0.05, 0.1) is 10.7 Å². The van der Waals surface area contributed by atoms with Crippen molar-refractivity contribution >= 4 is 48.9 Å². The molecule has 0 aliphatic carbocycles. The summed E-state index contributed by atoms with van der Waals surface area (Å²) in [6.07, 6.45) is 0. The van der Waals surface area contributed by atoms with E-state index in [0.717, 1.165) is 0 Å². The van der Waals surface area contributed by atoms with Crippen molar-refractivity contribution in [1.82, 2.24) is 0 Å². The van der Waals surface area contributed by atoms with Crippen molar-refractivity contribution in [2.24, 2.45) is 0 Å². The molecule has 0 aliphatic heterocycles. The minimum absolute atomic E-state index is 0.0499. The first-order valence-corrected chi connectivity index (χ1v) is 7.98. The number of hydrogen-bond donors (Lipinski definition) is 2. The van der Waals surface area contributed by atoms with Crippen molar-refractivity contribution in [1.29, 1.82) is 0 Å². The summed E-state index contributed by atoms with van der Waals surface area (Å²) >= 11 is 8.72. The number of nitrogens with one attached hydrogen (secondary N) is 1. The van der Waals surface area contributed by atoms with Gasteiger partial charge in [-0.3, -0.25) is 4.72 Å². The van der Waals surface area contributed by atoms with Gasteiger partial charge < -0.3 is 5.73 Å². The lowest BCUT2D eigenvalue weighted by Crippen LogP contribution is -2.14. The van der Waals surface area contributed by atoms with Crippen molar-refractivity contribution in [2.45, 2.75) is 4.90 Å². The van der Waals surface area contributed by atoms with Crippen LogP contribution in [-0.4, -0.2) is 8.42 Å². The smallest absolute Gasteiger partial charge is 0.263 e. The summed E-state index contributed by atoms with van der Waals surface area (Å²) in [6, 6.07) is 8.26. The van der Waals surface area contributed by atoms with E-state index in [9.17, 15) is 12.8 Å². The minimum Gasteiger partial charge on any atom is -0.399 e. The molecule has 0 aliphatic rings. The van der Waals surface area contributed by atoms with Crippen LogP contribution in [0.1, 0.15) is 0 Å². The molecule has 0 amide bonds. The highest BCUT2D eigenvalue weighted by molar-refractivity contribution is 9.10. The molecule has 0 fully saturated rings. The van der Waals surface area contributed by atoms with Crippen LogP contribution in [-0.2, 0) is 10.0 Å². The number of hydrogen-bond acceptors (Lipinski definition) is 3. The third-order valence-corrected chi connectivity index (χ3v) is 5.08. The van der Waals surface area contributed by atoms with E-state index in [0.29, 0.717) is 5.69 Å². The Balaban J connectivity index is 2.44. The average Bonchev–Trinajstić information content (AvgIpc) is 2.34. The fraction of sp³-hybridized carbons (Fsp3) is 0. The van der Waals surface area contributed by atoms with Crippen LogP contribution in [0.2, 0.25) is 5.02 Å². The molecule has 0 bridgehead atoms. The first kappa shape index (κ1) is 15.1.